The Morgan fingerprint density at radius 1 is 1.00 bits per heavy atom. The number of nitriles is 3. The lowest BCUT2D eigenvalue weighted by molar-refractivity contribution is 0.164. The lowest BCUT2D eigenvalue weighted by atomic mass is 9.85. The number of nitrogens with zero attached hydrogens (tertiary/aromatic N) is 4. The molecule has 1 aliphatic heterocycles. The predicted octanol–water partition coefficient (Wildman–Crippen LogP) is 1.14. The number of alkyl halides is 2. The third-order valence-corrected chi connectivity index (χ3v) is 3.28. The van der Waals surface area contributed by atoms with Crippen molar-refractivity contribution in [2.75, 3.05) is 0 Å². The highest BCUT2D eigenvalue weighted by atomic mass is 35.5. The van der Waals surface area contributed by atoms with Crippen LogP contribution in [0, 0.1) is 51.0 Å². The van der Waals surface area contributed by atoms with Crippen molar-refractivity contribution >= 4 is 23.2 Å². The van der Waals surface area contributed by atoms with Gasteiger partial charge in [-0.05, 0) is 0 Å². The first-order chi connectivity index (χ1) is 7.08. The van der Waals surface area contributed by atoms with Crippen LogP contribution < -0.4 is 0 Å². The predicted molar refractivity (Wildman–Crippen MR) is 52.1 cm³/mol. The molecule has 5 nitrogen and oxygen atoms in total. The Morgan fingerprint density at radius 2 is 1.53 bits per heavy atom. The first-order valence-electron chi connectivity index (χ1n) is 4.01. The number of halogens is 2. The van der Waals surface area contributed by atoms with Gasteiger partial charge in [-0.1, -0.05) is 0 Å². The number of hydrogen-bond donors (Lipinski definition) is 0. The van der Waals surface area contributed by atoms with Crippen molar-refractivity contribution in [3.8, 4) is 18.2 Å². The first-order valence-corrected chi connectivity index (χ1v) is 4.88. The van der Waals surface area contributed by atoms with E-state index in [9.17, 15) is 5.21 Å². The summed E-state index contributed by atoms with van der Waals surface area (Å²) < 4.78 is 0. The minimum absolute atomic E-state index is 0.266. The van der Waals surface area contributed by atoms with Crippen LogP contribution >= 0.6 is 23.2 Å². The van der Waals surface area contributed by atoms with Gasteiger partial charge >= 0.3 is 0 Å². The zero-order chi connectivity index (χ0) is 11.6. The van der Waals surface area contributed by atoms with Crippen molar-refractivity contribution in [1.29, 1.82) is 15.8 Å². The number of hydroxylamine groups is 2. The molecular formula is C8H5Cl2N4O-. The van der Waals surface area contributed by atoms with Crippen LogP contribution in [0.15, 0.2) is 0 Å². The van der Waals surface area contributed by atoms with Crippen LogP contribution in [0.3, 0.4) is 0 Å². The number of rotatable bonds is 0. The molecule has 1 rings (SSSR count). The summed E-state index contributed by atoms with van der Waals surface area (Å²) in [5.74, 6) is -1.96. The molecule has 0 spiro atoms. The molecule has 1 fully saturated rings. The maximum Gasteiger partial charge on any atom is 0.105 e. The van der Waals surface area contributed by atoms with E-state index < -0.39 is 28.8 Å². The Kier molecular flexibility index (Phi) is 3.74. The maximum atomic E-state index is 11.4. The molecule has 7 heteroatoms. The summed E-state index contributed by atoms with van der Waals surface area (Å²) in [7, 11) is 0. The molecule has 0 aromatic rings. The highest BCUT2D eigenvalue weighted by Crippen LogP contribution is 2.36. The molecule has 0 saturated carbocycles. The fourth-order valence-electron chi connectivity index (χ4n) is 1.43. The molecule has 1 saturated heterocycles. The Labute approximate surface area is 96.6 Å². The van der Waals surface area contributed by atoms with Gasteiger partial charge in [-0.15, -0.1) is 23.2 Å². The fraction of sp³-hybridized carbons (Fsp3) is 0.625. The quantitative estimate of drug-likeness (QED) is 0.470. The molecule has 1 heterocycles. The maximum absolute atomic E-state index is 11.4. The molecule has 0 radical (unpaired) electrons. The molecule has 0 bridgehead atoms. The number of hydrogen-bond acceptors (Lipinski definition) is 5. The molecule has 0 aliphatic carbocycles. The van der Waals surface area contributed by atoms with Gasteiger partial charge < -0.3 is 10.3 Å². The van der Waals surface area contributed by atoms with E-state index in [1.54, 1.807) is 18.2 Å². The molecule has 5 atom stereocenters. The largest absolute Gasteiger partial charge is 0.783 e. The topological polar surface area (TPSA) is 97.7 Å². The van der Waals surface area contributed by atoms with Crippen LogP contribution in [0.4, 0.5) is 0 Å². The first kappa shape index (κ1) is 12.0. The Balaban J connectivity index is 3.07. The third-order valence-electron chi connectivity index (χ3n) is 2.27. The molecule has 15 heavy (non-hydrogen) atoms. The van der Waals surface area contributed by atoms with E-state index in [-0.39, 0.29) is 5.06 Å². The van der Waals surface area contributed by atoms with Crippen molar-refractivity contribution in [3.05, 3.63) is 5.21 Å². The number of piperidine rings is 1. The summed E-state index contributed by atoms with van der Waals surface area (Å²) in [6.07, 6.45) is 0. The standard InChI is InChI=1S/C8H5Cl2N4O/c9-7-4(1-11)6(3-13)14(15)8(10)5(7)2-12/h4-8H/q-1. The summed E-state index contributed by atoms with van der Waals surface area (Å²) in [6.45, 7) is 0. The van der Waals surface area contributed by atoms with Gasteiger partial charge in [-0.3, -0.25) is 0 Å². The SMILES string of the molecule is N#CC1C(Cl)C(C#N)C(C#N)N([O-])C1Cl. The van der Waals surface area contributed by atoms with Crippen LogP contribution in [0.2, 0.25) is 0 Å². The molecule has 5 unspecified atom stereocenters. The normalized spacial score (nSPS) is 41.2. The summed E-state index contributed by atoms with van der Waals surface area (Å²) in [5, 5.41) is 37.0. The summed E-state index contributed by atoms with van der Waals surface area (Å²) >= 11 is 11.5. The second kappa shape index (κ2) is 4.66. The van der Waals surface area contributed by atoms with E-state index in [0.717, 1.165) is 0 Å². The monoisotopic (exact) mass is 243 g/mol. The zero-order valence-electron chi connectivity index (χ0n) is 7.34. The smallest absolute Gasteiger partial charge is 0.105 e. The van der Waals surface area contributed by atoms with E-state index in [0.29, 0.717) is 0 Å². The van der Waals surface area contributed by atoms with Crippen molar-refractivity contribution in [1.82, 2.24) is 5.06 Å². The van der Waals surface area contributed by atoms with Crippen molar-refractivity contribution in [2.45, 2.75) is 16.9 Å². The van der Waals surface area contributed by atoms with Gasteiger partial charge in [0.1, 0.15) is 6.04 Å². The molecule has 0 aromatic heterocycles. The highest BCUT2D eigenvalue weighted by molar-refractivity contribution is 6.24. The van der Waals surface area contributed by atoms with Crippen molar-refractivity contribution in [2.24, 2.45) is 11.8 Å². The van der Waals surface area contributed by atoms with Crippen molar-refractivity contribution < 1.29 is 0 Å². The van der Waals surface area contributed by atoms with E-state index in [1.807, 2.05) is 0 Å². The van der Waals surface area contributed by atoms with E-state index in [1.165, 1.54) is 0 Å². The van der Waals surface area contributed by atoms with Crippen LogP contribution in [-0.2, 0) is 0 Å². The molecule has 0 aromatic carbocycles. The average molecular weight is 244 g/mol. The van der Waals surface area contributed by atoms with Crippen LogP contribution in [0.25, 0.3) is 0 Å². The lowest BCUT2D eigenvalue weighted by Gasteiger charge is -2.47. The molecule has 0 N–H and O–H groups in total. The van der Waals surface area contributed by atoms with Crippen LogP contribution in [0.1, 0.15) is 0 Å². The highest BCUT2D eigenvalue weighted by Gasteiger charge is 2.45. The van der Waals surface area contributed by atoms with Gasteiger partial charge in [0.05, 0.1) is 40.9 Å². The van der Waals surface area contributed by atoms with Crippen molar-refractivity contribution in [3.63, 3.8) is 0 Å². The summed E-state index contributed by atoms with van der Waals surface area (Å²) in [5.41, 5.74) is -1.19. The molecule has 0 amide bonds. The zero-order valence-corrected chi connectivity index (χ0v) is 8.85. The Morgan fingerprint density at radius 3 is 1.93 bits per heavy atom. The van der Waals surface area contributed by atoms with E-state index >= 15 is 0 Å². The van der Waals surface area contributed by atoms with Gasteiger partial charge in [-0.25, -0.2) is 0 Å². The van der Waals surface area contributed by atoms with Gasteiger partial charge in [0, 0.05) is 0 Å². The van der Waals surface area contributed by atoms with Crippen LogP contribution in [0.5, 0.6) is 0 Å². The fourth-order valence-corrected chi connectivity index (χ4v) is 2.23. The van der Waals surface area contributed by atoms with Gasteiger partial charge in [0.2, 0.25) is 0 Å². The Hall–Kier alpha value is -1.03. The second-order valence-electron chi connectivity index (χ2n) is 3.06. The molecule has 1 aliphatic rings. The van der Waals surface area contributed by atoms with Crippen LogP contribution in [-0.4, -0.2) is 22.0 Å². The molecular weight excluding hydrogens is 239 g/mol. The molecule has 78 valence electrons. The lowest BCUT2D eigenvalue weighted by Crippen LogP contribution is -2.54. The van der Waals surface area contributed by atoms with E-state index in [2.05, 4.69) is 0 Å². The van der Waals surface area contributed by atoms with Gasteiger partial charge in [0.15, 0.2) is 0 Å². The average Bonchev–Trinajstić information content (AvgIpc) is 2.23. The van der Waals surface area contributed by atoms with E-state index in [4.69, 9.17) is 39.0 Å². The van der Waals surface area contributed by atoms with Gasteiger partial charge in [0.25, 0.3) is 0 Å². The Bertz CT molecular complexity index is 368. The summed E-state index contributed by atoms with van der Waals surface area (Å²) in [6, 6.07) is 4.00. The third kappa shape index (κ3) is 1.86. The summed E-state index contributed by atoms with van der Waals surface area (Å²) in [4.78, 5) is 0. The van der Waals surface area contributed by atoms with Gasteiger partial charge in [-0.2, -0.15) is 15.8 Å². The minimum Gasteiger partial charge on any atom is -0.783 e. The minimum atomic E-state index is -1.22. The second-order valence-corrected chi connectivity index (χ2v) is 4.01.